The van der Waals surface area contributed by atoms with E-state index in [1.54, 1.807) is 19.5 Å². The van der Waals surface area contributed by atoms with Gasteiger partial charge in [0.2, 0.25) is 5.91 Å². The number of hydrogen-bond donors (Lipinski definition) is 2. The molecule has 0 bridgehead atoms. The summed E-state index contributed by atoms with van der Waals surface area (Å²) in [5.74, 6) is 1.18. The highest BCUT2D eigenvalue weighted by molar-refractivity contribution is 6.01. The number of nitrogens with one attached hydrogen (secondary N) is 2. The maximum atomic E-state index is 13.0. The van der Waals surface area contributed by atoms with Crippen molar-refractivity contribution in [2.75, 3.05) is 39.9 Å². The Hall–Kier alpha value is -3.36. The average Bonchev–Trinajstić information content (AvgIpc) is 3.56. The minimum absolute atomic E-state index is 0.0401. The van der Waals surface area contributed by atoms with Gasteiger partial charge in [0.05, 0.1) is 18.0 Å². The first kappa shape index (κ1) is 26.3. The molecule has 3 heterocycles. The smallest absolute Gasteiger partial charge is 0.223 e. The molecule has 3 aromatic rings. The Kier molecular flexibility index (Phi) is 7.72. The molecule has 1 aliphatic carbocycles. The zero-order chi connectivity index (χ0) is 26.7. The highest BCUT2D eigenvalue weighted by atomic mass is 16.5. The van der Waals surface area contributed by atoms with E-state index >= 15 is 0 Å². The predicted molar refractivity (Wildman–Crippen MR) is 147 cm³/mol. The fourth-order valence-electron chi connectivity index (χ4n) is 5.41. The normalized spacial score (nSPS) is 16.6. The van der Waals surface area contributed by atoms with Crippen LogP contribution in [-0.4, -0.2) is 71.4 Å². The molecule has 1 fully saturated rings. The largest absolute Gasteiger partial charge is 0.383 e. The first-order valence-electron chi connectivity index (χ1n) is 13.5. The number of carbonyl (C=O) groups is 2. The number of rotatable bonds is 9. The van der Waals surface area contributed by atoms with E-state index in [1.165, 1.54) is 0 Å². The van der Waals surface area contributed by atoms with Crippen molar-refractivity contribution in [3.63, 3.8) is 0 Å². The average molecular weight is 516 g/mol. The number of nitrogens with zero attached hydrogens (tertiary/aromatic N) is 3. The predicted octanol–water partition coefficient (Wildman–Crippen LogP) is 4.02. The highest BCUT2D eigenvalue weighted by Crippen LogP contribution is 2.35. The molecule has 8 nitrogen and oxygen atoms in total. The topological polar surface area (TPSA) is 100 Å². The Bertz CT molecular complexity index is 1290. The van der Waals surface area contributed by atoms with Gasteiger partial charge in [0.1, 0.15) is 5.82 Å². The number of piperidine rings is 1. The van der Waals surface area contributed by atoms with Gasteiger partial charge in [0, 0.05) is 67.0 Å². The molecule has 200 valence electrons. The molecule has 1 aromatic carbocycles. The van der Waals surface area contributed by atoms with Crippen molar-refractivity contribution in [2.24, 2.45) is 5.92 Å². The molecule has 0 spiro atoms. The number of imidazole rings is 1. The standard InChI is InChI=1S/C30H37N5O3/c1-30(2,19-32-28(37)21-10-14-35(15-11-21)16-17-38-3)29-33-26(20-8-12-31-13-9-20)27(34-29)23-4-6-24-22(18-23)5-7-25(24)36/h4,6,8-9,12-13,18,21H,5,7,10-11,14-17,19H2,1-3H3,(H,32,37)(H,33,34). The van der Waals surface area contributed by atoms with Crippen LogP contribution in [0.5, 0.6) is 0 Å². The summed E-state index contributed by atoms with van der Waals surface area (Å²) in [6.45, 7) is 8.17. The van der Waals surface area contributed by atoms with Crippen LogP contribution < -0.4 is 5.32 Å². The summed E-state index contributed by atoms with van der Waals surface area (Å²) >= 11 is 0. The Labute approximate surface area is 224 Å². The van der Waals surface area contributed by atoms with Crippen molar-refractivity contribution in [2.45, 2.75) is 44.9 Å². The number of benzene rings is 1. The van der Waals surface area contributed by atoms with Crippen LogP contribution in [0.1, 0.15) is 54.9 Å². The summed E-state index contributed by atoms with van der Waals surface area (Å²) in [7, 11) is 1.72. The number of hydrogen-bond acceptors (Lipinski definition) is 6. The maximum absolute atomic E-state index is 13.0. The number of amides is 1. The third-order valence-electron chi connectivity index (χ3n) is 7.89. The number of pyridine rings is 1. The summed E-state index contributed by atoms with van der Waals surface area (Å²) < 4.78 is 5.18. The quantitative estimate of drug-likeness (QED) is 0.447. The van der Waals surface area contributed by atoms with Gasteiger partial charge >= 0.3 is 0 Å². The number of methoxy groups -OCH3 is 1. The van der Waals surface area contributed by atoms with E-state index < -0.39 is 5.41 Å². The molecule has 0 saturated carbocycles. The van der Waals surface area contributed by atoms with Crippen LogP contribution >= 0.6 is 0 Å². The molecule has 5 rings (SSSR count). The van der Waals surface area contributed by atoms with Crippen LogP contribution in [0.15, 0.2) is 42.7 Å². The van der Waals surface area contributed by atoms with Crippen LogP contribution in [0, 0.1) is 5.92 Å². The van der Waals surface area contributed by atoms with Crippen molar-refractivity contribution in [1.82, 2.24) is 25.2 Å². The number of Topliss-reactive ketones (excluding diaryl/α,β-unsaturated/α-hetero) is 1. The van der Waals surface area contributed by atoms with E-state index in [4.69, 9.17) is 9.72 Å². The lowest BCUT2D eigenvalue weighted by molar-refractivity contribution is -0.126. The number of aromatic nitrogens is 3. The molecular weight excluding hydrogens is 478 g/mol. The zero-order valence-corrected chi connectivity index (χ0v) is 22.5. The van der Waals surface area contributed by atoms with Crippen LogP contribution in [-0.2, 0) is 21.4 Å². The molecule has 38 heavy (non-hydrogen) atoms. The lowest BCUT2D eigenvalue weighted by Gasteiger charge is -2.31. The Morgan fingerprint density at radius 1 is 1.13 bits per heavy atom. The number of ketones is 1. The van der Waals surface area contributed by atoms with E-state index in [1.807, 2.05) is 24.3 Å². The summed E-state index contributed by atoms with van der Waals surface area (Å²) in [6.07, 6.45) is 6.62. The van der Waals surface area contributed by atoms with Gasteiger partial charge in [-0.3, -0.25) is 14.6 Å². The molecular formula is C30H37N5O3. The minimum atomic E-state index is -0.415. The SMILES string of the molecule is COCCN1CCC(C(=O)NCC(C)(C)c2nc(-c3ccc4c(c3)CCC4=O)c(-c3ccncc3)[nH]2)CC1. The fourth-order valence-corrected chi connectivity index (χ4v) is 5.41. The lowest BCUT2D eigenvalue weighted by atomic mass is 9.91. The van der Waals surface area contributed by atoms with E-state index in [0.717, 1.165) is 85.0 Å². The van der Waals surface area contributed by atoms with Crippen LogP contribution in [0.4, 0.5) is 0 Å². The number of carbonyl (C=O) groups excluding carboxylic acids is 2. The molecule has 2 aromatic heterocycles. The van der Waals surface area contributed by atoms with Gasteiger partial charge in [-0.05, 0) is 56.1 Å². The molecule has 1 aliphatic heterocycles. The monoisotopic (exact) mass is 515 g/mol. The van der Waals surface area contributed by atoms with Crippen LogP contribution in [0.2, 0.25) is 0 Å². The number of ether oxygens (including phenoxy) is 1. The Morgan fingerprint density at radius 3 is 2.63 bits per heavy atom. The van der Waals surface area contributed by atoms with Crippen molar-refractivity contribution < 1.29 is 14.3 Å². The summed E-state index contributed by atoms with van der Waals surface area (Å²) in [6, 6.07) is 9.94. The highest BCUT2D eigenvalue weighted by Gasteiger charge is 2.31. The molecule has 2 aliphatic rings. The first-order valence-corrected chi connectivity index (χ1v) is 13.5. The molecule has 8 heteroatoms. The first-order chi connectivity index (χ1) is 18.4. The molecule has 0 atom stereocenters. The summed E-state index contributed by atoms with van der Waals surface area (Å²) in [5, 5.41) is 3.21. The third-order valence-corrected chi connectivity index (χ3v) is 7.89. The van der Waals surface area contributed by atoms with Gasteiger partial charge in [0.25, 0.3) is 0 Å². The number of fused-ring (bicyclic) bond motifs is 1. The molecule has 1 saturated heterocycles. The third kappa shape index (κ3) is 5.56. The second-order valence-electron chi connectivity index (χ2n) is 11.1. The number of aromatic amines is 1. The summed E-state index contributed by atoms with van der Waals surface area (Å²) in [4.78, 5) is 40.4. The van der Waals surface area contributed by atoms with Crippen molar-refractivity contribution in [3.8, 4) is 22.5 Å². The minimum Gasteiger partial charge on any atom is -0.383 e. The molecule has 0 radical (unpaired) electrons. The number of likely N-dealkylation sites (tertiary alicyclic amines) is 1. The van der Waals surface area contributed by atoms with Crippen molar-refractivity contribution in [1.29, 1.82) is 0 Å². The number of aryl methyl sites for hydroxylation is 1. The van der Waals surface area contributed by atoms with Gasteiger partial charge in [-0.1, -0.05) is 26.0 Å². The van der Waals surface area contributed by atoms with Gasteiger partial charge in [-0.15, -0.1) is 0 Å². The van der Waals surface area contributed by atoms with E-state index in [9.17, 15) is 9.59 Å². The van der Waals surface area contributed by atoms with Crippen molar-refractivity contribution >= 4 is 11.7 Å². The summed E-state index contributed by atoms with van der Waals surface area (Å²) in [5.41, 5.74) is 5.21. The maximum Gasteiger partial charge on any atom is 0.223 e. The van der Waals surface area contributed by atoms with Gasteiger partial charge < -0.3 is 19.9 Å². The Morgan fingerprint density at radius 2 is 1.89 bits per heavy atom. The van der Waals surface area contributed by atoms with Gasteiger partial charge in [0.15, 0.2) is 5.78 Å². The Balaban J connectivity index is 1.34. The molecule has 2 N–H and O–H groups in total. The molecule has 1 amide bonds. The van der Waals surface area contributed by atoms with Gasteiger partial charge in [-0.25, -0.2) is 4.98 Å². The number of H-pyrrole nitrogens is 1. The van der Waals surface area contributed by atoms with E-state index in [0.29, 0.717) is 13.0 Å². The van der Waals surface area contributed by atoms with E-state index in [-0.39, 0.29) is 17.6 Å². The van der Waals surface area contributed by atoms with Crippen LogP contribution in [0.3, 0.4) is 0 Å². The molecule has 0 unspecified atom stereocenters. The fraction of sp³-hybridized carbons (Fsp3) is 0.467. The van der Waals surface area contributed by atoms with Gasteiger partial charge in [-0.2, -0.15) is 0 Å². The van der Waals surface area contributed by atoms with Crippen molar-refractivity contribution in [3.05, 3.63) is 59.7 Å². The van der Waals surface area contributed by atoms with Crippen LogP contribution in [0.25, 0.3) is 22.5 Å². The van der Waals surface area contributed by atoms with E-state index in [2.05, 4.69) is 40.1 Å². The second kappa shape index (κ2) is 11.2. The zero-order valence-electron chi connectivity index (χ0n) is 22.5. The lowest BCUT2D eigenvalue weighted by Crippen LogP contribution is -2.44. The second-order valence-corrected chi connectivity index (χ2v) is 11.1.